The molecule has 4 nitrogen and oxygen atoms in total. The van der Waals surface area contributed by atoms with Gasteiger partial charge in [0.25, 0.3) is 10.1 Å². The molecule has 3 unspecified atom stereocenters. The van der Waals surface area contributed by atoms with Crippen molar-refractivity contribution in [3.8, 4) is 0 Å². The van der Waals surface area contributed by atoms with E-state index in [2.05, 4.69) is 42.8 Å². The van der Waals surface area contributed by atoms with Crippen LogP contribution < -0.4 is 0 Å². The van der Waals surface area contributed by atoms with E-state index >= 15 is 0 Å². The van der Waals surface area contributed by atoms with E-state index < -0.39 is 21.8 Å². The number of fused-ring (bicyclic) bond motifs is 1. The average molecular weight is 457 g/mol. The molecule has 0 heterocycles. The Morgan fingerprint density at radius 1 is 1.22 bits per heavy atom. The van der Waals surface area contributed by atoms with E-state index in [9.17, 15) is 13.5 Å². The van der Waals surface area contributed by atoms with Gasteiger partial charge in [0, 0.05) is 4.47 Å². The number of hydrogen-bond donors (Lipinski definition) is 1. The van der Waals surface area contributed by atoms with Crippen molar-refractivity contribution in [1.29, 1.82) is 0 Å². The van der Waals surface area contributed by atoms with Crippen molar-refractivity contribution < 1.29 is 17.7 Å². The monoisotopic (exact) mass is 456 g/mol. The minimum atomic E-state index is -3.96. The Morgan fingerprint density at radius 2 is 1.85 bits per heavy atom. The van der Waals surface area contributed by atoms with Gasteiger partial charge < -0.3 is 5.11 Å². The van der Waals surface area contributed by atoms with E-state index in [0.717, 1.165) is 17.3 Å². The molecular formula is C21H29BrO4S. The summed E-state index contributed by atoms with van der Waals surface area (Å²) in [7, 11) is -3.96. The molecular weight excluding hydrogens is 428 g/mol. The van der Waals surface area contributed by atoms with Gasteiger partial charge in [-0.3, -0.25) is 4.18 Å². The van der Waals surface area contributed by atoms with Gasteiger partial charge >= 0.3 is 0 Å². The number of allylic oxidation sites excluding steroid dienone is 1. The van der Waals surface area contributed by atoms with Crippen LogP contribution in [0.5, 0.6) is 0 Å². The Bertz CT molecular complexity index is 811. The maximum atomic E-state index is 12.9. The lowest BCUT2D eigenvalue weighted by Crippen LogP contribution is -2.48. The van der Waals surface area contributed by atoms with Crippen molar-refractivity contribution in [2.24, 2.45) is 23.7 Å². The van der Waals surface area contributed by atoms with E-state index in [-0.39, 0.29) is 22.6 Å². The first-order valence-corrected chi connectivity index (χ1v) is 11.8. The number of hydrogen-bond acceptors (Lipinski definition) is 4. The van der Waals surface area contributed by atoms with Crippen LogP contribution in [0.1, 0.15) is 47.0 Å². The zero-order valence-electron chi connectivity index (χ0n) is 16.4. The minimum absolute atomic E-state index is 0.00821. The van der Waals surface area contributed by atoms with Crippen molar-refractivity contribution in [1.82, 2.24) is 0 Å². The lowest BCUT2D eigenvalue weighted by atomic mass is 9.77. The Hall–Kier alpha value is -0.690. The summed E-state index contributed by atoms with van der Waals surface area (Å²) in [4.78, 5) is 0.108. The SMILES string of the molecule is CC(C)C1=C[C@@H]2C(C)CCC2[C@](C)(O)C(OS(=O)(=O)c2ccc(Br)cc2)C1. The van der Waals surface area contributed by atoms with Crippen molar-refractivity contribution in [2.45, 2.75) is 63.6 Å². The fourth-order valence-electron chi connectivity index (χ4n) is 4.53. The number of aliphatic hydroxyl groups is 1. The molecule has 1 fully saturated rings. The van der Waals surface area contributed by atoms with Gasteiger partial charge in [-0.25, -0.2) is 0 Å². The first kappa shape index (κ1) is 21.0. The van der Waals surface area contributed by atoms with Gasteiger partial charge in [0.05, 0.1) is 10.5 Å². The van der Waals surface area contributed by atoms with Gasteiger partial charge in [-0.05, 0) is 74.1 Å². The van der Waals surface area contributed by atoms with Crippen LogP contribution in [-0.2, 0) is 14.3 Å². The van der Waals surface area contributed by atoms with Gasteiger partial charge in [0.2, 0.25) is 0 Å². The minimum Gasteiger partial charge on any atom is -0.387 e. The Morgan fingerprint density at radius 3 is 2.44 bits per heavy atom. The molecule has 0 aromatic heterocycles. The van der Waals surface area contributed by atoms with E-state index in [0.29, 0.717) is 12.3 Å². The molecule has 2 aliphatic carbocycles. The molecule has 27 heavy (non-hydrogen) atoms. The standard InChI is InChI=1S/C21H29BrO4S/c1-13(2)15-11-18-14(3)5-10-19(18)21(4,23)20(12-15)26-27(24,25)17-8-6-16(22)7-9-17/h6-9,11,13-14,18-20,23H,5,10,12H2,1-4H3/t14?,18-,19?,20?,21+/m1/s1. The van der Waals surface area contributed by atoms with Crippen LogP contribution in [0.15, 0.2) is 45.3 Å². The normalized spacial score (nSPS) is 34.3. The largest absolute Gasteiger partial charge is 0.387 e. The third-order valence-corrected chi connectivity index (χ3v) is 8.24. The molecule has 0 aliphatic heterocycles. The number of rotatable bonds is 4. The second-order valence-electron chi connectivity index (χ2n) is 8.56. The van der Waals surface area contributed by atoms with Crippen LogP contribution in [0, 0.1) is 23.7 Å². The number of benzene rings is 1. The first-order chi connectivity index (χ1) is 12.5. The van der Waals surface area contributed by atoms with E-state index in [1.807, 2.05) is 0 Å². The second kappa shape index (κ2) is 7.62. The summed E-state index contributed by atoms with van der Waals surface area (Å²) in [6.45, 7) is 8.19. The lowest BCUT2D eigenvalue weighted by Gasteiger charge is -2.38. The molecule has 150 valence electrons. The van der Waals surface area contributed by atoms with E-state index in [1.54, 1.807) is 19.1 Å². The quantitative estimate of drug-likeness (QED) is 0.515. The molecule has 1 saturated carbocycles. The highest BCUT2D eigenvalue weighted by Gasteiger charge is 2.51. The van der Waals surface area contributed by atoms with Gasteiger partial charge in [-0.15, -0.1) is 0 Å². The van der Waals surface area contributed by atoms with Crippen LogP contribution in [0.3, 0.4) is 0 Å². The third kappa shape index (κ3) is 4.19. The fourth-order valence-corrected chi connectivity index (χ4v) is 5.94. The van der Waals surface area contributed by atoms with Crippen molar-refractivity contribution >= 4 is 26.0 Å². The zero-order chi connectivity index (χ0) is 20.0. The maximum absolute atomic E-state index is 12.9. The van der Waals surface area contributed by atoms with Crippen LogP contribution in [0.25, 0.3) is 0 Å². The summed E-state index contributed by atoms with van der Waals surface area (Å²) in [6.07, 6.45) is 3.86. The van der Waals surface area contributed by atoms with Crippen molar-refractivity contribution in [3.63, 3.8) is 0 Å². The predicted molar refractivity (Wildman–Crippen MR) is 110 cm³/mol. The van der Waals surface area contributed by atoms with Crippen LogP contribution in [0.4, 0.5) is 0 Å². The average Bonchev–Trinajstić information content (AvgIpc) is 2.90. The smallest absolute Gasteiger partial charge is 0.297 e. The van der Waals surface area contributed by atoms with Crippen LogP contribution in [-0.4, -0.2) is 25.2 Å². The Kier molecular flexibility index (Phi) is 5.93. The summed E-state index contributed by atoms with van der Waals surface area (Å²) in [5.74, 6) is 1.04. The third-order valence-electron chi connectivity index (χ3n) is 6.37. The summed E-state index contributed by atoms with van der Waals surface area (Å²) < 4.78 is 32.2. The van der Waals surface area contributed by atoms with Gasteiger partial charge in [0.15, 0.2) is 0 Å². The predicted octanol–water partition coefficient (Wildman–Crippen LogP) is 4.92. The van der Waals surface area contributed by atoms with E-state index in [4.69, 9.17) is 4.18 Å². The summed E-state index contributed by atoms with van der Waals surface area (Å²) in [6, 6.07) is 6.39. The Labute approximate surface area is 171 Å². The van der Waals surface area contributed by atoms with E-state index in [1.165, 1.54) is 17.7 Å². The summed E-state index contributed by atoms with van der Waals surface area (Å²) >= 11 is 3.32. The molecule has 0 amide bonds. The lowest BCUT2D eigenvalue weighted by molar-refractivity contribution is -0.0911. The van der Waals surface area contributed by atoms with Crippen molar-refractivity contribution in [3.05, 3.63) is 40.4 Å². The zero-order valence-corrected chi connectivity index (χ0v) is 18.8. The van der Waals surface area contributed by atoms with Gasteiger partial charge in [0.1, 0.15) is 6.10 Å². The molecule has 0 spiro atoms. The molecule has 1 N–H and O–H groups in total. The fraction of sp³-hybridized carbons (Fsp3) is 0.619. The molecule has 2 aliphatic rings. The number of halogens is 1. The first-order valence-electron chi connectivity index (χ1n) is 9.64. The van der Waals surface area contributed by atoms with Crippen molar-refractivity contribution in [2.75, 3.05) is 0 Å². The highest BCUT2D eigenvalue weighted by molar-refractivity contribution is 9.10. The van der Waals surface area contributed by atoms with Gasteiger partial charge in [-0.1, -0.05) is 48.4 Å². The second-order valence-corrected chi connectivity index (χ2v) is 11.0. The maximum Gasteiger partial charge on any atom is 0.297 e. The molecule has 1 aromatic carbocycles. The molecule has 5 atom stereocenters. The summed E-state index contributed by atoms with van der Waals surface area (Å²) in [5.41, 5.74) is -0.0297. The van der Waals surface area contributed by atoms with Crippen LogP contribution >= 0.6 is 15.9 Å². The van der Waals surface area contributed by atoms with Gasteiger partial charge in [-0.2, -0.15) is 8.42 Å². The van der Waals surface area contributed by atoms with Crippen LogP contribution in [0.2, 0.25) is 0 Å². The molecule has 3 rings (SSSR count). The highest BCUT2D eigenvalue weighted by Crippen LogP contribution is 2.49. The Balaban J connectivity index is 1.96. The highest BCUT2D eigenvalue weighted by atomic mass is 79.9. The molecule has 0 radical (unpaired) electrons. The molecule has 0 saturated heterocycles. The summed E-state index contributed by atoms with van der Waals surface area (Å²) in [5, 5.41) is 11.4. The molecule has 6 heteroatoms. The molecule has 1 aromatic rings. The molecule has 0 bridgehead atoms. The topological polar surface area (TPSA) is 63.6 Å².